The second kappa shape index (κ2) is 7.92. The molecule has 1 amide bonds. The maximum Gasteiger partial charge on any atom is 0.225 e. The average Bonchev–Trinajstić information content (AvgIpc) is 3.08. The molecule has 0 spiro atoms. The maximum absolute atomic E-state index is 13.2. The molecule has 1 atom stereocenters. The fraction of sp³-hybridized carbons (Fsp3) is 0.450. The maximum atomic E-state index is 13.2. The van der Waals surface area contributed by atoms with Crippen molar-refractivity contribution in [3.05, 3.63) is 52.2 Å². The van der Waals surface area contributed by atoms with Crippen molar-refractivity contribution in [2.75, 3.05) is 6.54 Å². The first-order valence-corrected chi connectivity index (χ1v) is 11.1. The lowest BCUT2D eigenvalue weighted by atomic mass is 9.96. The van der Waals surface area contributed by atoms with E-state index < -0.39 is 20.5 Å². The molecule has 142 valence electrons. The van der Waals surface area contributed by atoms with Gasteiger partial charge in [0.15, 0.2) is 9.84 Å². The van der Waals surface area contributed by atoms with E-state index in [0.29, 0.717) is 5.92 Å². The number of hydrogen-bond donors (Lipinski definition) is 1. The highest BCUT2D eigenvalue weighted by molar-refractivity contribution is 7.91. The van der Waals surface area contributed by atoms with Crippen molar-refractivity contribution >= 4 is 27.1 Å². The van der Waals surface area contributed by atoms with Gasteiger partial charge in [0, 0.05) is 16.8 Å². The van der Waals surface area contributed by atoms with Crippen molar-refractivity contribution in [1.29, 1.82) is 0 Å². The summed E-state index contributed by atoms with van der Waals surface area (Å²) in [5.74, 6) is 0.176. The van der Waals surface area contributed by atoms with Gasteiger partial charge in [0.1, 0.15) is 5.25 Å². The molecule has 1 N–H and O–H groups in total. The Morgan fingerprint density at radius 3 is 2.19 bits per heavy atom. The molecule has 0 bridgehead atoms. The quantitative estimate of drug-likeness (QED) is 0.783. The molecule has 0 saturated heterocycles. The van der Waals surface area contributed by atoms with Gasteiger partial charge in [-0.2, -0.15) is 0 Å². The third-order valence-electron chi connectivity index (χ3n) is 4.24. The number of carbonyl (C=O) groups excluding carboxylic acids is 1. The van der Waals surface area contributed by atoms with Crippen LogP contribution in [0.4, 0.5) is 0 Å². The molecule has 2 rings (SSSR count). The van der Waals surface area contributed by atoms with Gasteiger partial charge in [0.25, 0.3) is 0 Å². The smallest absolute Gasteiger partial charge is 0.225 e. The Balaban J connectivity index is 2.33. The third-order valence-corrected chi connectivity index (χ3v) is 7.47. The monoisotopic (exact) mass is 393 g/mol. The fourth-order valence-electron chi connectivity index (χ4n) is 2.49. The Bertz CT molecular complexity index is 830. The minimum absolute atomic E-state index is 0.0604. The van der Waals surface area contributed by atoms with Crippen LogP contribution in [-0.4, -0.2) is 20.9 Å². The SMILES string of the molecule is CC(C)c1ccc(S(=O)(=O)[C@@H](CNC(=O)C(C)(C)C)c2cccs2)cc1. The van der Waals surface area contributed by atoms with Gasteiger partial charge in [-0.05, 0) is 35.1 Å². The van der Waals surface area contributed by atoms with E-state index in [0.717, 1.165) is 10.4 Å². The van der Waals surface area contributed by atoms with Crippen molar-refractivity contribution in [3.63, 3.8) is 0 Å². The minimum Gasteiger partial charge on any atom is -0.354 e. The molecule has 26 heavy (non-hydrogen) atoms. The summed E-state index contributed by atoms with van der Waals surface area (Å²) in [5, 5.41) is 3.86. The summed E-state index contributed by atoms with van der Waals surface area (Å²) in [6.45, 7) is 9.62. The largest absolute Gasteiger partial charge is 0.354 e. The number of amides is 1. The zero-order chi connectivity index (χ0) is 19.5. The van der Waals surface area contributed by atoms with E-state index in [-0.39, 0.29) is 17.3 Å². The molecule has 0 aliphatic heterocycles. The Morgan fingerprint density at radius 1 is 1.12 bits per heavy atom. The number of thiophene rings is 1. The van der Waals surface area contributed by atoms with Crippen LogP contribution in [0.15, 0.2) is 46.7 Å². The van der Waals surface area contributed by atoms with Crippen molar-refractivity contribution in [3.8, 4) is 0 Å². The normalized spacial score (nSPS) is 13.6. The number of nitrogens with one attached hydrogen (secondary N) is 1. The minimum atomic E-state index is -3.61. The first-order valence-electron chi connectivity index (χ1n) is 8.69. The van der Waals surface area contributed by atoms with Gasteiger partial charge < -0.3 is 5.32 Å². The molecule has 4 nitrogen and oxygen atoms in total. The van der Waals surface area contributed by atoms with E-state index >= 15 is 0 Å². The van der Waals surface area contributed by atoms with E-state index in [1.807, 2.05) is 44.4 Å². The van der Waals surface area contributed by atoms with E-state index in [1.54, 1.807) is 18.2 Å². The lowest BCUT2D eigenvalue weighted by Crippen LogP contribution is -2.38. The Kier molecular flexibility index (Phi) is 6.29. The molecule has 0 fully saturated rings. The summed E-state index contributed by atoms with van der Waals surface area (Å²) in [5.41, 5.74) is 0.528. The molecule has 0 radical (unpaired) electrons. The van der Waals surface area contributed by atoms with Gasteiger partial charge in [0.2, 0.25) is 5.91 Å². The van der Waals surface area contributed by atoms with E-state index in [2.05, 4.69) is 19.2 Å². The molecule has 0 aliphatic carbocycles. The summed E-state index contributed by atoms with van der Waals surface area (Å²) < 4.78 is 26.5. The van der Waals surface area contributed by atoms with Gasteiger partial charge >= 0.3 is 0 Å². The second-order valence-electron chi connectivity index (χ2n) is 7.73. The summed E-state index contributed by atoms with van der Waals surface area (Å²) >= 11 is 1.39. The van der Waals surface area contributed by atoms with Crippen LogP contribution in [0.1, 0.15) is 56.2 Å². The molecule has 2 aromatic rings. The van der Waals surface area contributed by atoms with E-state index in [1.165, 1.54) is 11.3 Å². The van der Waals surface area contributed by atoms with Crippen LogP contribution in [0.5, 0.6) is 0 Å². The first kappa shape index (κ1) is 20.6. The predicted octanol–water partition coefficient (Wildman–Crippen LogP) is 4.55. The van der Waals surface area contributed by atoms with Crippen LogP contribution in [0, 0.1) is 5.41 Å². The van der Waals surface area contributed by atoms with Crippen LogP contribution < -0.4 is 5.32 Å². The van der Waals surface area contributed by atoms with Crippen molar-refractivity contribution in [2.24, 2.45) is 5.41 Å². The van der Waals surface area contributed by atoms with Crippen molar-refractivity contribution in [2.45, 2.75) is 50.7 Å². The van der Waals surface area contributed by atoms with Gasteiger partial charge in [-0.25, -0.2) is 8.42 Å². The number of carbonyl (C=O) groups is 1. The fourth-order valence-corrected chi connectivity index (χ4v) is 5.28. The zero-order valence-electron chi connectivity index (χ0n) is 15.9. The topological polar surface area (TPSA) is 63.2 Å². The van der Waals surface area contributed by atoms with Crippen molar-refractivity contribution in [1.82, 2.24) is 5.32 Å². The molecule has 1 aromatic carbocycles. The van der Waals surface area contributed by atoms with Gasteiger partial charge in [-0.15, -0.1) is 11.3 Å². The highest BCUT2D eigenvalue weighted by Gasteiger charge is 2.32. The number of sulfone groups is 1. The van der Waals surface area contributed by atoms with Gasteiger partial charge in [0.05, 0.1) is 4.90 Å². The molecule has 1 aromatic heterocycles. The summed E-state index contributed by atoms with van der Waals surface area (Å²) in [4.78, 5) is 13.2. The Morgan fingerprint density at radius 2 is 1.73 bits per heavy atom. The number of rotatable bonds is 6. The summed E-state index contributed by atoms with van der Waals surface area (Å²) in [6, 6.07) is 10.7. The standard InChI is InChI=1S/C20H27NO3S2/c1-14(2)15-8-10-16(11-9-15)26(23,24)18(17-7-6-12-25-17)13-21-19(22)20(3,4)5/h6-12,14,18H,13H2,1-5H3,(H,21,22)/t18-/m0/s1. The van der Waals surface area contributed by atoms with E-state index in [9.17, 15) is 13.2 Å². The van der Waals surface area contributed by atoms with Crippen LogP contribution in [0.2, 0.25) is 0 Å². The molecular weight excluding hydrogens is 366 g/mol. The Hall–Kier alpha value is -1.66. The summed E-state index contributed by atoms with van der Waals surface area (Å²) in [7, 11) is -3.61. The number of benzene rings is 1. The zero-order valence-corrected chi connectivity index (χ0v) is 17.6. The van der Waals surface area contributed by atoms with E-state index in [4.69, 9.17) is 0 Å². The second-order valence-corrected chi connectivity index (χ2v) is 10.8. The lowest BCUT2D eigenvalue weighted by Gasteiger charge is -2.22. The Labute approximate surface area is 160 Å². The molecule has 0 aliphatic rings. The van der Waals surface area contributed by atoms with Crippen LogP contribution in [0.25, 0.3) is 0 Å². The highest BCUT2D eigenvalue weighted by Crippen LogP contribution is 2.32. The molecular formula is C20H27NO3S2. The van der Waals surface area contributed by atoms with Gasteiger partial charge in [-0.1, -0.05) is 52.8 Å². The third kappa shape index (κ3) is 4.74. The van der Waals surface area contributed by atoms with Crippen LogP contribution in [-0.2, 0) is 14.6 Å². The van der Waals surface area contributed by atoms with Gasteiger partial charge in [-0.3, -0.25) is 4.79 Å². The predicted molar refractivity (Wildman–Crippen MR) is 107 cm³/mol. The number of hydrogen-bond acceptors (Lipinski definition) is 4. The molecule has 0 unspecified atom stereocenters. The average molecular weight is 394 g/mol. The molecule has 1 heterocycles. The highest BCUT2D eigenvalue weighted by atomic mass is 32.2. The first-order chi connectivity index (χ1) is 12.0. The molecule has 0 saturated carbocycles. The van der Waals surface area contributed by atoms with Crippen LogP contribution in [0.3, 0.4) is 0 Å². The van der Waals surface area contributed by atoms with Crippen LogP contribution >= 0.6 is 11.3 Å². The summed E-state index contributed by atoms with van der Waals surface area (Å²) in [6.07, 6.45) is 0. The lowest BCUT2D eigenvalue weighted by molar-refractivity contribution is -0.128. The molecule has 6 heteroatoms. The van der Waals surface area contributed by atoms with Crippen molar-refractivity contribution < 1.29 is 13.2 Å².